The number of aliphatic hydroxyl groups excluding tert-OH is 3. The highest BCUT2D eigenvalue weighted by Crippen LogP contribution is 2.19. The van der Waals surface area contributed by atoms with E-state index in [0.29, 0.717) is 6.42 Å². The summed E-state index contributed by atoms with van der Waals surface area (Å²) in [5.74, 6) is -1.98. The first-order valence-electron chi connectivity index (χ1n) is 9.71. The van der Waals surface area contributed by atoms with Gasteiger partial charge in [0.2, 0.25) is 0 Å². The van der Waals surface area contributed by atoms with E-state index in [-0.39, 0.29) is 31.7 Å². The van der Waals surface area contributed by atoms with E-state index >= 15 is 0 Å². The first-order chi connectivity index (χ1) is 12.8. The number of hydrogen-bond donors (Lipinski definition) is 6. The third-order valence-electron chi connectivity index (χ3n) is 2.75. The van der Waals surface area contributed by atoms with E-state index in [9.17, 15) is 9.59 Å². The van der Waals surface area contributed by atoms with Gasteiger partial charge in [-0.3, -0.25) is 9.59 Å². The molecule has 0 aromatic heterocycles. The number of hydrogen-bond acceptors (Lipinski definition) is 7. The van der Waals surface area contributed by atoms with E-state index in [1.165, 1.54) is 25.7 Å². The van der Waals surface area contributed by atoms with Crippen molar-refractivity contribution >= 4 is 23.7 Å². The zero-order chi connectivity index (χ0) is 21.9. The molecule has 0 aromatic carbocycles. The van der Waals surface area contributed by atoms with Crippen molar-refractivity contribution in [2.24, 2.45) is 0 Å². The van der Waals surface area contributed by atoms with Gasteiger partial charge >= 0.3 is 11.9 Å². The maximum absolute atomic E-state index is 10.9. The van der Waals surface area contributed by atoms with Gasteiger partial charge in [-0.25, -0.2) is 0 Å². The van der Waals surface area contributed by atoms with Crippen molar-refractivity contribution in [1.82, 2.24) is 6.15 Å². The molecule has 0 amide bonds. The van der Waals surface area contributed by atoms with Crippen LogP contribution in [0.25, 0.3) is 0 Å². The molecule has 0 saturated carbocycles. The van der Waals surface area contributed by atoms with Crippen LogP contribution in [0.5, 0.6) is 0 Å². The Bertz CT molecular complexity index is 291. The van der Waals surface area contributed by atoms with Crippen molar-refractivity contribution in [2.75, 3.05) is 25.6 Å². The Balaban J connectivity index is -0.000000149. The maximum atomic E-state index is 10.9. The number of carboxylic acid groups (broad SMARTS) is 2. The van der Waals surface area contributed by atoms with Gasteiger partial charge in [0.15, 0.2) is 0 Å². The minimum Gasteiger partial charge on any atom is -0.481 e. The predicted octanol–water partition coefficient (Wildman–Crippen LogP) is 3.56. The Morgan fingerprint density at radius 2 is 1.11 bits per heavy atom. The first-order valence-corrected chi connectivity index (χ1v) is 10.8. The minimum absolute atomic E-state index is 0. The molecule has 0 rings (SSSR count). The molecule has 8 N–H and O–H groups in total. The molecule has 0 aromatic rings. The molecular formula is C19H45NO7S. The normalized spacial score (nSPS) is 9.82. The third-order valence-corrected chi connectivity index (χ3v) is 4.01. The van der Waals surface area contributed by atoms with Crippen molar-refractivity contribution in [1.29, 1.82) is 0 Å². The van der Waals surface area contributed by atoms with Crippen LogP contribution in [0.1, 0.15) is 79.1 Å². The molecule has 0 fully saturated rings. The number of aliphatic hydroxyl groups is 3. The quantitative estimate of drug-likeness (QED) is 0.253. The second-order valence-electron chi connectivity index (χ2n) is 5.39. The average molecular weight is 432 g/mol. The molecule has 9 heteroatoms. The van der Waals surface area contributed by atoms with Crippen molar-refractivity contribution in [3.63, 3.8) is 0 Å². The molecule has 1 unspecified atom stereocenters. The summed E-state index contributed by atoms with van der Waals surface area (Å²) < 4.78 is 0. The Morgan fingerprint density at radius 1 is 0.750 bits per heavy atom. The monoisotopic (exact) mass is 431 g/mol. The van der Waals surface area contributed by atoms with Crippen LogP contribution in [0.2, 0.25) is 0 Å². The summed E-state index contributed by atoms with van der Waals surface area (Å²) in [6.07, 6.45) is 8.60. The SMILES string of the molecule is CCCCCCCCCC(SCC(=O)O)C(=O)O.CCO.CCO.CCO.N. The lowest BCUT2D eigenvalue weighted by atomic mass is 10.1. The van der Waals surface area contributed by atoms with Crippen molar-refractivity contribution in [3.05, 3.63) is 0 Å². The van der Waals surface area contributed by atoms with E-state index in [2.05, 4.69) is 6.92 Å². The second kappa shape index (κ2) is 37.0. The molecular weight excluding hydrogens is 386 g/mol. The van der Waals surface area contributed by atoms with Gasteiger partial charge in [0.05, 0.1) is 5.75 Å². The van der Waals surface area contributed by atoms with Crippen LogP contribution < -0.4 is 6.15 Å². The minimum atomic E-state index is -0.953. The second-order valence-corrected chi connectivity index (χ2v) is 6.58. The highest BCUT2D eigenvalue weighted by molar-refractivity contribution is 8.01. The molecule has 0 aliphatic carbocycles. The number of aliphatic carboxylic acids is 2. The Kier molecular flexibility index (Phi) is 49.9. The molecule has 0 radical (unpaired) electrons. The van der Waals surface area contributed by atoms with Crippen molar-refractivity contribution in [3.8, 4) is 0 Å². The summed E-state index contributed by atoms with van der Waals surface area (Å²) in [5, 5.41) is 39.6. The molecule has 174 valence electrons. The van der Waals surface area contributed by atoms with Gasteiger partial charge in [-0.15, -0.1) is 11.8 Å². The summed E-state index contributed by atoms with van der Waals surface area (Å²) >= 11 is 1.01. The van der Waals surface area contributed by atoms with E-state index in [1.54, 1.807) is 20.8 Å². The van der Waals surface area contributed by atoms with Gasteiger partial charge in [0.1, 0.15) is 5.25 Å². The maximum Gasteiger partial charge on any atom is 0.316 e. The van der Waals surface area contributed by atoms with Crippen LogP contribution >= 0.6 is 11.8 Å². The molecule has 1 atom stereocenters. The summed E-state index contributed by atoms with van der Waals surface area (Å²) in [6, 6.07) is 0. The van der Waals surface area contributed by atoms with Gasteiger partial charge in [-0.05, 0) is 27.2 Å². The van der Waals surface area contributed by atoms with Gasteiger partial charge in [-0.1, -0.05) is 51.9 Å². The molecule has 28 heavy (non-hydrogen) atoms. The highest BCUT2D eigenvalue weighted by atomic mass is 32.2. The van der Waals surface area contributed by atoms with Crippen LogP contribution in [0.4, 0.5) is 0 Å². The summed E-state index contributed by atoms with van der Waals surface area (Å²) in [6.45, 7) is 7.97. The topological polar surface area (TPSA) is 170 Å². The summed E-state index contributed by atoms with van der Waals surface area (Å²) in [5.41, 5.74) is 0. The predicted molar refractivity (Wildman–Crippen MR) is 117 cm³/mol. The fourth-order valence-electron chi connectivity index (χ4n) is 1.74. The molecule has 0 heterocycles. The van der Waals surface area contributed by atoms with E-state index in [1.807, 2.05) is 0 Å². The summed E-state index contributed by atoms with van der Waals surface area (Å²) in [7, 11) is 0. The number of carboxylic acids is 2. The van der Waals surface area contributed by atoms with E-state index in [0.717, 1.165) is 31.0 Å². The van der Waals surface area contributed by atoms with Gasteiger partial charge in [0, 0.05) is 19.8 Å². The van der Waals surface area contributed by atoms with Gasteiger partial charge in [-0.2, -0.15) is 0 Å². The highest BCUT2D eigenvalue weighted by Gasteiger charge is 2.18. The van der Waals surface area contributed by atoms with E-state index in [4.69, 9.17) is 25.5 Å². The van der Waals surface area contributed by atoms with Crippen LogP contribution in [0, 0.1) is 0 Å². The van der Waals surface area contributed by atoms with Crippen LogP contribution in [-0.4, -0.2) is 68.3 Å². The number of thioether (sulfide) groups is 1. The fraction of sp³-hybridized carbons (Fsp3) is 0.895. The smallest absolute Gasteiger partial charge is 0.316 e. The molecule has 0 bridgehead atoms. The Morgan fingerprint density at radius 3 is 1.43 bits per heavy atom. The average Bonchev–Trinajstić information content (AvgIpc) is 2.58. The fourth-order valence-corrected chi connectivity index (χ4v) is 2.56. The Hall–Kier alpha value is -0.870. The van der Waals surface area contributed by atoms with Crippen molar-refractivity contribution in [2.45, 2.75) is 84.3 Å². The summed E-state index contributed by atoms with van der Waals surface area (Å²) in [4.78, 5) is 21.3. The molecule has 0 aliphatic heterocycles. The molecule has 8 nitrogen and oxygen atoms in total. The molecule has 0 spiro atoms. The third kappa shape index (κ3) is 49.9. The lowest BCUT2D eigenvalue weighted by Gasteiger charge is -2.10. The zero-order valence-electron chi connectivity index (χ0n) is 18.2. The molecule has 0 aliphatic rings. The lowest BCUT2D eigenvalue weighted by molar-refractivity contribution is -0.136. The first kappa shape index (κ1) is 37.8. The zero-order valence-corrected chi connectivity index (χ0v) is 19.0. The standard InChI is InChI=1S/C13H24O4S.3C2H6O.H3N/c1-2-3-4-5-6-7-8-9-11(13(16)17)18-10-12(14)15;3*1-2-3;/h11H,2-10H2,1H3,(H,14,15)(H,16,17);3*3H,2H2,1H3;1H3. The molecule has 0 saturated heterocycles. The lowest BCUT2D eigenvalue weighted by Crippen LogP contribution is -2.18. The van der Waals surface area contributed by atoms with E-state index < -0.39 is 17.2 Å². The number of rotatable bonds is 12. The van der Waals surface area contributed by atoms with Crippen LogP contribution in [0.3, 0.4) is 0 Å². The Labute approximate surface area is 175 Å². The number of carbonyl (C=O) groups is 2. The van der Waals surface area contributed by atoms with Gasteiger partial charge < -0.3 is 31.7 Å². The van der Waals surface area contributed by atoms with Crippen LogP contribution in [0.15, 0.2) is 0 Å². The largest absolute Gasteiger partial charge is 0.481 e. The number of unbranched alkanes of at least 4 members (excludes halogenated alkanes) is 6. The van der Waals surface area contributed by atoms with Gasteiger partial charge in [0.25, 0.3) is 0 Å². The van der Waals surface area contributed by atoms with Crippen LogP contribution in [-0.2, 0) is 9.59 Å². The van der Waals surface area contributed by atoms with Crippen molar-refractivity contribution < 1.29 is 35.1 Å².